The predicted molar refractivity (Wildman–Crippen MR) is 152 cm³/mol. The van der Waals surface area contributed by atoms with Gasteiger partial charge in [0.15, 0.2) is 0 Å². The van der Waals surface area contributed by atoms with Gasteiger partial charge in [-0.1, -0.05) is 60.4 Å². The molecule has 1 aromatic carbocycles. The Bertz CT molecular complexity index is 1500. The van der Waals surface area contributed by atoms with Crippen LogP contribution in [-0.4, -0.2) is 68.3 Å². The number of pyridine rings is 1. The van der Waals surface area contributed by atoms with Crippen LogP contribution in [0.2, 0.25) is 0 Å². The molecule has 0 spiro atoms. The van der Waals surface area contributed by atoms with Crippen LogP contribution in [0.3, 0.4) is 0 Å². The molecule has 2 aliphatic heterocycles. The highest BCUT2D eigenvalue weighted by Gasteiger charge is 2.33. The number of rotatable bonds is 5. The van der Waals surface area contributed by atoms with Crippen LogP contribution < -0.4 is 10.5 Å². The molecule has 0 unspecified atom stereocenters. The Hall–Kier alpha value is -3.70. The average molecular weight is 550 g/mol. The summed E-state index contributed by atoms with van der Waals surface area (Å²) in [7, 11) is 0. The van der Waals surface area contributed by atoms with Crippen LogP contribution >= 0.6 is 24.0 Å². The topological polar surface area (TPSA) is 87.5 Å². The number of aromatic nitrogens is 2. The smallest absolute Gasteiger partial charge is 0.409 e. The van der Waals surface area contributed by atoms with Gasteiger partial charge in [0.1, 0.15) is 15.8 Å². The van der Waals surface area contributed by atoms with E-state index in [1.165, 1.54) is 16.2 Å². The zero-order valence-electron chi connectivity index (χ0n) is 21.1. The van der Waals surface area contributed by atoms with Gasteiger partial charge >= 0.3 is 6.09 Å². The van der Waals surface area contributed by atoms with Crippen LogP contribution in [0.4, 0.5) is 10.6 Å². The molecule has 0 bridgehead atoms. The number of carbonyl (C=O) groups excluding carboxylic acids is 2. The molecule has 2 amide bonds. The van der Waals surface area contributed by atoms with E-state index in [4.69, 9.17) is 21.9 Å². The van der Waals surface area contributed by atoms with Crippen molar-refractivity contribution in [3.8, 4) is 0 Å². The zero-order valence-corrected chi connectivity index (χ0v) is 22.8. The molecule has 3 aromatic rings. The van der Waals surface area contributed by atoms with Gasteiger partial charge in [-0.15, -0.1) is 0 Å². The fourth-order valence-corrected chi connectivity index (χ4v) is 5.70. The molecular formula is C27H27N5O4S2. The first-order valence-corrected chi connectivity index (χ1v) is 13.6. The summed E-state index contributed by atoms with van der Waals surface area (Å²) in [6.07, 6.45) is 3.00. The minimum Gasteiger partial charge on any atom is -0.450 e. The van der Waals surface area contributed by atoms with Gasteiger partial charge in [-0.2, -0.15) is 0 Å². The highest BCUT2D eigenvalue weighted by atomic mass is 32.2. The molecule has 0 saturated carbocycles. The monoisotopic (exact) mass is 549 g/mol. The van der Waals surface area contributed by atoms with Gasteiger partial charge in [-0.25, -0.2) is 9.78 Å². The molecular weight excluding hydrogens is 522 g/mol. The van der Waals surface area contributed by atoms with Crippen molar-refractivity contribution in [1.29, 1.82) is 0 Å². The molecule has 38 heavy (non-hydrogen) atoms. The number of amides is 2. The number of thiocarbonyl (C=S) groups is 1. The molecule has 11 heteroatoms. The van der Waals surface area contributed by atoms with Crippen LogP contribution in [-0.2, 0) is 16.1 Å². The lowest BCUT2D eigenvalue weighted by Gasteiger charge is -2.35. The number of piperazine rings is 1. The van der Waals surface area contributed by atoms with Crippen molar-refractivity contribution >= 4 is 57.8 Å². The molecule has 2 fully saturated rings. The molecule has 196 valence electrons. The van der Waals surface area contributed by atoms with Crippen molar-refractivity contribution in [3.05, 3.63) is 80.6 Å². The van der Waals surface area contributed by atoms with Crippen LogP contribution in [0, 0.1) is 6.92 Å². The standard InChI is InChI=1S/C27H27N5O4S2/c1-3-36-26(35)30-13-11-29(12-14-30)23-20(24(33)31-16-18(2)9-10-22(31)28-23)15-21-25(34)32(27(37)38-21)17-19-7-5-4-6-8-19/h4-10,15-16H,3,11-14,17H2,1-2H3/b21-15+. The van der Waals surface area contributed by atoms with E-state index < -0.39 is 0 Å². The Morgan fingerprint density at radius 2 is 1.84 bits per heavy atom. The van der Waals surface area contributed by atoms with Gasteiger partial charge in [0.2, 0.25) is 0 Å². The lowest BCUT2D eigenvalue weighted by Crippen LogP contribution is -2.49. The second kappa shape index (κ2) is 11.0. The number of ether oxygens (including phenoxy) is 1. The van der Waals surface area contributed by atoms with Crippen molar-refractivity contribution in [2.75, 3.05) is 37.7 Å². The van der Waals surface area contributed by atoms with Crippen molar-refractivity contribution in [3.63, 3.8) is 0 Å². The average Bonchev–Trinajstić information content (AvgIpc) is 3.18. The van der Waals surface area contributed by atoms with Gasteiger partial charge in [-0.3, -0.25) is 18.9 Å². The predicted octanol–water partition coefficient (Wildman–Crippen LogP) is 3.68. The van der Waals surface area contributed by atoms with Gasteiger partial charge < -0.3 is 14.5 Å². The lowest BCUT2D eigenvalue weighted by molar-refractivity contribution is -0.122. The van der Waals surface area contributed by atoms with E-state index in [1.807, 2.05) is 48.2 Å². The number of thioether (sulfide) groups is 1. The Morgan fingerprint density at radius 3 is 2.55 bits per heavy atom. The molecule has 4 heterocycles. The fraction of sp³-hybridized carbons (Fsp3) is 0.296. The Kier molecular flexibility index (Phi) is 7.48. The van der Waals surface area contributed by atoms with E-state index in [0.717, 1.165) is 11.1 Å². The molecule has 2 aromatic heterocycles. The van der Waals surface area contributed by atoms with Crippen molar-refractivity contribution in [2.24, 2.45) is 0 Å². The Morgan fingerprint density at radius 1 is 1.11 bits per heavy atom. The van der Waals surface area contributed by atoms with Crippen molar-refractivity contribution < 1.29 is 14.3 Å². The molecule has 0 aliphatic carbocycles. The molecule has 0 radical (unpaired) electrons. The van der Waals surface area contributed by atoms with Crippen molar-refractivity contribution in [2.45, 2.75) is 20.4 Å². The van der Waals surface area contributed by atoms with Crippen LogP contribution in [0.5, 0.6) is 0 Å². The lowest BCUT2D eigenvalue weighted by atomic mass is 10.2. The number of hydrogen-bond acceptors (Lipinski definition) is 8. The molecule has 9 nitrogen and oxygen atoms in total. The van der Waals surface area contributed by atoms with Gasteiger partial charge in [0, 0.05) is 32.4 Å². The second-order valence-electron chi connectivity index (χ2n) is 9.02. The van der Waals surface area contributed by atoms with E-state index in [-0.39, 0.29) is 17.6 Å². The normalized spacial score (nSPS) is 17.1. The first kappa shape index (κ1) is 25.9. The number of carbonyl (C=O) groups is 2. The minimum absolute atomic E-state index is 0.240. The summed E-state index contributed by atoms with van der Waals surface area (Å²) in [6, 6.07) is 13.3. The summed E-state index contributed by atoms with van der Waals surface area (Å²) in [5, 5.41) is 0. The molecule has 2 saturated heterocycles. The largest absolute Gasteiger partial charge is 0.450 e. The van der Waals surface area contributed by atoms with E-state index >= 15 is 0 Å². The molecule has 0 N–H and O–H groups in total. The summed E-state index contributed by atoms with van der Waals surface area (Å²) < 4.78 is 7.08. The SMILES string of the molecule is CCOC(=O)N1CCN(c2nc3ccc(C)cn3c(=O)c2/C=C2/SC(=S)N(Cc3ccccc3)C2=O)CC1. The van der Waals surface area contributed by atoms with E-state index in [0.29, 0.717) is 65.6 Å². The number of fused-ring (bicyclic) bond motifs is 1. The highest BCUT2D eigenvalue weighted by Crippen LogP contribution is 2.34. The third-order valence-electron chi connectivity index (χ3n) is 6.42. The maximum Gasteiger partial charge on any atom is 0.409 e. The maximum atomic E-state index is 13.8. The quantitative estimate of drug-likeness (QED) is 0.352. The first-order chi connectivity index (χ1) is 18.4. The van der Waals surface area contributed by atoms with Gasteiger partial charge in [0.05, 0.1) is 23.6 Å². The number of aryl methyl sites for hydroxylation is 1. The zero-order chi connectivity index (χ0) is 26.8. The third kappa shape index (κ3) is 5.16. The third-order valence-corrected chi connectivity index (χ3v) is 7.80. The van der Waals surface area contributed by atoms with E-state index in [9.17, 15) is 14.4 Å². The number of hydrogen-bond donors (Lipinski definition) is 0. The number of nitrogens with zero attached hydrogens (tertiary/aromatic N) is 5. The highest BCUT2D eigenvalue weighted by molar-refractivity contribution is 8.26. The molecule has 5 rings (SSSR count). The summed E-state index contributed by atoms with van der Waals surface area (Å²) >= 11 is 6.71. The fourth-order valence-electron chi connectivity index (χ4n) is 4.46. The van der Waals surface area contributed by atoms with Crippen molar-refractivity contribution in [1.82, 2.24) is 19.2 Å². The summed E-state index contributed by atoms with van der Waals surface area (Å²) in [6.45, 7) is 6.18. The number of anilines is 1. The van der Waals surface area contributed by atoms with Crippen LogP contribution in [0.25, 0.3) is 11.7 Å². The molecule has 2 aliphatic rings. The van der Waals surface area contributed by atoms with Crippen LogP contribution in [0.1, 0.15) is 23.6 Å². The number of benzene rings is 1. The van der Waals surface area contributed by atoms with Crippen LogP contribution in [0.15, 0.2) is 58.4 Å². The van der Waals surface area contributed by atoms with E-state index in [2.05, 4.69) is 0 Å². The van der Waals surface area contributed by atoms with Gasteiger partial charge in [0.25, 0.3) is 11.5 Å². The molecule has 0 atom stereocenters. The Labute approximate surface area is 229 Å². The second-order valence-corrected chi connectivity index (χ2v) is 10.7. The van der Waals surface area contributed by atoms with Gasteiger partial charge in [-0.05, 0) is 37.1 Å². The summed E-state index contributed by atoms with van der Waals surface area (Å²) in [4.78, 5) is 49.7. The maximum absolute atomic E-state index is 13.8. The van der Waals surface area contributed by atoms with E-state index in [1.54, 1.807) is 35.1 Å². The minimum atomic E-state index is -0.350. The summed E-state index contributed by atoms with van der Waals surface area (Å²) in [5.41, 5.74) is 2.44. The first-order valence-electron chi connectivity index (χ1n) is 12.3. The summed E-state index contributed by atoms with van der Waals surface area (Å²) in [5.74, 6) is 0.242. The Balaban J connectivity index is 1.51.